The first-order valence-corrected chi connectivity index (χ1v) is 30.8. The zero-order valence-corrected chi connectivity index (χ0v) is 55.6. The van der Waals surface area contributed by atoms with Gasteiger partial charge in [-0.15, -0.1) is 0 Å². The summed E-state index contributed by atoms with van der Waals surface area (Å²) in [5, 5.41) is 14.7. The van der Waals surface area contributed by atoms with Crippen LogP contribution in [0.2, 0.25) is 0 Å². The molecule has 0 saturated carbocycles. The highest BCUT2D eigenvalue weighted by Crippen LogP contribution is 2.22. The van der Waals surface area contributed by atoms with Crippen LogP contribution >= 0.6 is 0 Å². The van der Waals surface area contributed by atoms with Crippen molar-refractivity contribution in [2.45, 2.75) is 164 Å². The molecule has 0 saturated heterocycles. The largest absolute Gasteiger partial charge is 1.00 e. The van der Waals surface area contributed by atoms with Crippen molar-refractivity contribution in [2.24, 2.45) is 11.8 Å². The lowest BCUT2D eigenvalue weighted by atomic mass is 9.98. The maximum atomic E-state index is 11.7. The first-order chi connectivity index (χ1) is 37.6. The van der Waals surface area contributed by atoms with E-state index in [4.69, 9.17) is 9.66 Å². The molecule has 6 unspecified atom stereocenters. The fourth-order valence-corrected chi connectivity index (χ4v) is 7.91. The van der Waals surface area contributed by atoms with Crippen LogP contribution in [0, 0.1) is 11.8 Å². The number of nitrogens with zero attached hydrogens (tertiary/aromatic N) is 2. The molecule has 4 N–H and O–H groups in total. The molecule has 0 aliphatic carbocycles. The SMILES string of the molecule is CCC(C)C(=O)NCC[N+](C)(C)CC.CCC(C)C(=O)NCC[N+](C)(C)Cc1ccccc1.CCC(C)c1ccc(C(=O)O)cc1.CCC(C)c1ccc(S(=O)(=O)O)cc1.CCC(C)c1ccccc1.CCC(C)c1ccccc1.[Cl-].[Cl-]. The lowest BCUT2D eigenvalue weighted by Gasteiger charge is -2.30. The van der Waals surface area contributed by atoms with Gasteiger partial charge in [-0.05, 0) is 116 Å². The second-order valence-electron chi connectivity index (χ2n) is 22.5. The van der Waals surface area contributed by atoms with Gasteiger partial charge < -0.3 is 49.5 Å². The van der Waals surface area contributed by atoms with Gasteiger partial charge in [-0.1, -0.05) is 198 Å². The number of amides is 2. The van der Waals surface area contributed by atoms with E-state index >= 15 is 0 Å². The third kappa shape index (κ3) is 35.8. The van der Waals surface area contributed by atoms with Gasteiger partial charge in [0, 0.05) is 17.4 Å². The molecule has 462 valence electrons. The Morgan fingerprint density at radius 2 is 0.756 bits per heavy atom. The number of carboxylic acids is 1. The minimum Gasteiger partial charge on any atom is -1.00 e. The van der Waals surface area contributed by atoms with E-state index in [2.05, 4.69) is 186 Å². The van der Waals surface area contributed by atoms with Gasteiger partial charge in [0.25, 0.3) is 10.1 Å². The van der Waals surface area contributed by atoms with Gasteiger partial charge in [-0.25, -0.2) is 4.79 Å². The molecule has 5 rings (SSSR count). The highest BCUT2D eigenvalue weighted by Gasteiger charge is 2.18. The highest BCUT2D eigenvalue weighted by molar-refractivity contribution is 7.85. The van der Waals surface area contributed by atoms with Gasteiger partial charge in [0.2, 0.25) is 11.8 Å². The van der Waals surface area contributed by atoms with E-state index in [0.717, 1.165) is 79.5 Å². The van der Waals surface area contributed by atoms with E-state index in [1.165, 1.54) is 47.2 Å². The summed E-state index contributed by atoms with van der Waals surface area (Å²) in [6.07, 6.45) is 6.34. The molecule has 14 heteroatoms. The fourth-order valence-electron chi connectivity index (χ4n) is 7.43. The van der Waals surface area contributed by atoms with Crippen molar-refractivity contribution < 1.29 is 66.2 Å². The Labute approximate surface area is 511 Å². The molecular weight excluding hydrogens is 1090 g/mol. The van der Waals surface area contributed by atoms with E-state index in [-0.39, 0.29) is 53.4 Å². The number of quaternary nitrogens is 2. The molecular formula is C68H108Cl2N4O7S. The van der Waals surface area contributed by atoms with Crippen molar-refractivity contribution in [3.05, 3.63) is 173 Å². The van der Waals surface area contributed by atoms with E-state index in [1.54, 1.807) is 24.3 Å². The average Bonchev–Trinajstić information content (AvgIpc) is 3.46. The Morgan fingerprint density at radius 1 is 0.451 bits per heavy atom. The molecule has 5 aromatic carbocycles. The Kier molecular flexibility index (Phi) is 44.0. The molecule has 0 heterocycles. The third-order valence-corrected chi connectivity index (χ3v) is 16.0. The Bertz CT molecular complexity index is 2470. The lowest BCUT2D eigenvalue weighted by molar-refractivity contribution is -0.902. The minimum atomic E-state index is -4.05. The topological polar surface area (TPSA) is 150 Å². The van der Waals surface area contributed by atoms with Crippen LogP contribution in [0.1, 0.15) is 190 Å². The van der Waals surface area contributed by atoms with Crippen LogP contribution < -0.4 is 35.4 Å². The molecule has 0 aromatic heterocycles. The average molecular weight is 1200 g/mol. The van der Waals surface area contributed by atoms with Gasteiger partial charge in [0.1, 0.15) is 6.54 Å². The number of carboxylic acid groups (broad SMARTS) is 1. The standard InChI is InChI=1S/C16H26N2O.C11H24N2O.C11H14O2.C10H14O3S.2C10H14.2ClH/c1-5-14(2)16(19)17-11-12-18(3,4)13-15-9-7-6-8-10-15;1-6-10(3)11(14)12-8-9-13(4,5)7-2;1-3-8(2)9-4-6-10(7-5-9)11(12)13;1-3-8(2)9-4-6-10(7-5-9)14(11,12)13;2*1-3-9(2)10-7-5-4-6-8-10;;/h6-10,14H,5,11-13H2,1-4H3;10H,6-9H2,1-5H3;4-8H,3H2,1-2H3,(H,12,13);4-8H,3H2,1-2H3,(H,11,12,13);2*4-9H,3H2,1-2H3;2*1H. The summed E-state index contributed by atoms with van der Waals surface area (Å²) in [6, 6.07) is 45.2. The van der Waals surface area contributed by atoms with Crippen LogP contribution in [0.3, 0.4) is 0 Å². The maximum absolute atomic E-state index is 11.7. The van der Waals surface area contributed by atoms with E-state index < -0.39 is 16.1 Å². The maximum Gasteiger partial charge on any atom is 0.335 e. The first kappa shape index (κ1) is 81.1. The normalized spacial score (nSPS) is 12.9. The highest BCUT2D eigenvalue weighted by atomic mass is 35.5. The number of halogens is 2. The molecule has 0 spiro atoms. The predicted molar refractivity (Wildman–Crippen MR) is 337 cm³/mol. The zero-order chi connectivity index (χ0) is 60.9. The van der Waals surface area contributed by atoms with Crippen molar-refractivity contribution in [1.29, 1.82) is 0 Å². The first-order valence-electron chi connectivity index (χ1n) is 29.4. The third-order valence-electron chi connectivity index (χ3n) is 15.1. The molecule has 0 aliphatic rings. The van der Waals surface area contributed by atoms with Crippen LogP contribution in [-0.4, -0.2) is 106 Å². The van der Waals surface area contributed by atoms with Gasteiger partial charge in [0.05, 0.1) is 71.4 Å². The summed E-state index contributed by atoms with van der Waals surface area (Å²) in [7, 11) is 4.69. The van der Waals surface area contributed by atoms with Crippen molar-refractivity contribution >= 4 is 27.9 Å². The monoisotopic (exact) mass is 1190 g/mol. The van der Waals surface area contributed by atoms with Crippen LogP contribution in [0.15, 0.2) is 144 Å². The molecule has 82 heavy (non-hydrogen) atoms. The number of benzene rings is 5. The Morgan fingerprint density at radius 3 is 1.05 bits per heavy atom. The fraction of sp³-hybridized carbons (Fsp3) is 0.515. The van der Waals surface area contributed by atoms with Gasteiger partial charge in [-0.3, -0.25) is 14.1 Å². The van der Waals surface area contributed by atoms with Crippen LogP contribution in [0.4, 0.5) is 0 Å². The number of carbonyl (C=O) groups is 3. The number of hydrogen-bond donors (Lipinski definition) is 4. The van der Waals surface area contributed by atoms with Crippen molar-refractivity contribution in [2.75, 3.05) is 60.9 Å². The lowest BCUT2D eigenvalue weighted by Crippen LogP contribution is -3.00. The number of carbonyl (C=O) groups excluding carboxylic acids is 2. The summed E-state index contributed by atoms with van der Waals surface area (Å²) >= 11 is 0. The summed E-state index contributed by atoms with van der Waals surface area (Å²) in [6.45, 7) is 33.1. The van der Waals surface area contributed by atoms with Crippen LogP contribution in [0.25, 0.3) is 0 Å². The molecule has 11 nitrogen and oxygen atoms in total. The van der Waals surface area contributed by atoms with Gasteiger partial charge >= 0.3 is 5.97 Å². The molecule has 6 atom stereocenters. The summed E-state index contributed by atoms with van der Waals surface area (Å²) in [4.78, 5) is 33.6. The predicted octanol–water partition coefficient (Wildman–Crippen LogP) is 9.42. The van der Waals surface area contributed by atoms with Gasteiger partial charge in [0.15, 0.2) is 0 Å². The van der Waals surface area contributed by atoms with E-state index in [1.807, 2.05) is 45.9 Å². The molecule has 0 aliphatic heterocycles. The minimum absolute atomic E-state index is 0. The van der Waals surface area contributed by atoms with E-state index in [9.17, 15) is 22.8 Å². The molecule has 0 fully saturated rings. The van der Waals surface area contributed by atoms with Crippen LogP contribution in [0.5, 0.6) is 0 Å². The molecule has 0 bridgehead atoms. The van der Waals surface area contributed by atoms with Crippen molar-refractivity contribution in [3.63, 3.8) is 0 Å². The summed E-state index contributed by atoms with van der Waals surface area (Å²) < 4.78 is 32.1. The molecule has 0 radical (unpaired) electrons. The smallest absolute Gasteiger partial charge is 0.335 e. The Balaban J connectivity index is -0.000000920. The van der Waals surface area contributed by atoms with Crippen molar-refractivity contribution in [1.82, 2.24) is 10.6 Å². The number of aromatic carboxylic acids is 1. The quantitative estimate of drug-likeness (QED) is 0.0376. The van der Waals surface area contributed by atoms with E-state index in [0.29, 0.717) is 29.2 Å². The second kappa shape index (κ2) is 44.4. The number of nitrogens with one attached hydrogen (secondary N) is 2. The second-order valence-corrected chi connectivity index (χ2v) is 23.9. The number of likely N-dealkylation sites (N-methyl/N-ethyl adjacent to an activating group) is 2. The number of hydrogen-bond acceptors (Lipinski definition) is 5. The Hall–Kier alpha value is -5.08. The summed E-state index contributed by atoms with van der Waals surface area (Å²) in [5.74, 6) is 2.08. The van der Waals surface area contributed by atoms with Crippen LogP contribution in [-0.2, 0) is 26.3 Å². The zero-order valence-electron chi connectivity index (χ0n) is 53.2. The number of rotatable bonds is 23. The molecule has 2 amide bonds. The van der Waals surface area contributed by atoms with Crippen molar-refractivity contribution in [3.8, 4) is 0 Å². The van der Waals surface area contributed by atoms with Gasteiger partial charge in [-0.2, -0.15) is 8.42 Å². The summed E-state index contributed by atoms with van der Waals surface area (Å²) in [5.41, 5.74) is 6.87. The molecule has 5 aromatic rings.